The number of carbonyl (C=O) groups is 1. The summed E-state index contributed by atoms with van der Waals surface area (Å²) in [5.41, 5.74) is 0.269. The van der Waals surface area contributed by atoms with Gasteiger partial charge in [-0.1, -0.05) is 35.5 Å². The largest absolute Gasteiger partial charge is 0.478 e. The van der Waals surface area contributed by atoms with Crippen LogP contribution in [-0.2, 0) is 17.6 Å². The fourth-order valence-corrected chi connectivity index (χ4v) is 2.03. The molecule has 0 atom stereocenters. The molecule has 2 aromatic rings. The number of nitrogens with zero attached hydrogens (tertiary/aromatic N) is 1. The highest BCUT2D eigenvalue weighted by Gasteiger charge is 2.30. The van der Waals surface area contributed by atoms with Gasteiger partial charge in [-0.15, -0.1) is 0 Å². The Morgan fingerprint density at radius 2 is 1.88 bits per heavy atom. The van der Waals surface area contributed by atoms with E-state index in [0.29, 0.717) is 5.56 Å². The van der Waals surface area contributed by atoms with Gasteiger partial charge in [-0.2, -0.15) is 13.2 Å². The van der Waals surface area contributed by atoms with Crippen molar-refractivity contribution in [2.45, 2.75) is 19.7 Å². The fraction of sp³-hybridized carbons (Fsp3) is 0.176. The molecule has 0 aliphatic heterocycles. The summed E-state index contributed by atoms with van der Waals surface area (Å²) in [4.78, 5) is 16.2. The number of rotatable bonds is 5. The normalized spacial score (nSPS) is 12.1. The van der Waals surface area contributed by atoms with Gasteiger partial charge in [-0.3, -0.25) is 0 Å². The molecule has 126 valence electrons. The van der Waals surface area contributed by atoms with E-state index in [-0.39, 0.29) is 23.4 Å². The summed E-state index contributed by atoms with van der Waals surface area (Å²) in [6, 6.07) is 11.0. The Balaban J connectivity index is 2.12. The van der Waals surface area contributed by atoms with Crippen LogP contribution in [0, 0.1) is 0 Å². The number of oxime groups is 1. The van der Waals surface area contributed by atoms with Crippen molar-refractivity contribution in [2.75, 3.05) is 0 Å². The van der Waals surface area contributed by atoms with Crippen molar-refractivity contribution in [3.63, 3.8) is 0 Å². The molecule has 0 unspecified atom stereocenters. The number of hydrogen-bond donors (Lipinski definition) is 1. The average molecular weight is 337 g/mol. The predicted octanol–water partition coefficient (Wildman–Crippen LogP) is 4.34. The molecule has 0 aliphatic rings. The smallest absolute Gasteiger partial charge is 0.416 e. The van der Waals surface area contributed by atoms with Crippen LogP contribution in [0.15, 0.2) is 53.7 Å². The minimum Gasteiger partial charge on any atom is -0.478 e. The van der Waals surface area contributed by atoms with Crippen LogP contribution in [0.3, 0.4) is 0 Å². The van der Waals surface area contributed by atoms with Gasteiger partial charge in [0.15, 0.2) is 0 Å². The van der Waals surface area contributed by atoms with Crippen molar-refractivity contribution >= 4 is 11.7 Å². The molecule has 0 heterocycles. The third kappa shape index (κ3) is 4.34. The van der Waals surface area contributed by atoms with E-state index in [1.54, 1.807) is 18.2 Å². The van der Waals surface area contributed by atoms with E-state index in [4.69, 9.17) is 9.94 Å². The van der Waals surface area contributed by atoms with Crippen LogP contribution in [0.5, 0.6) is 0 Å². The first-order valence-electron chi connectivity index (χ1n) is 6.94. The first-order valence-corrected chi connectivity index (χ1v) is 6.94. The summed E-state index contributed by atoms with van der Waals surface area (Å²) in [5, 5.41) is 12.8. The maximum atomic E-state index is 12.7. The minimum atomic E-state index is -4.43. The summed E-state index contributed by atoms with van der Waals surface area (Å²) in [6.07, 6.45) is -4.43. The maximum absolute atomic E-state index is 12.7. The van der Waals surface area contributed by atoms with Crippen LogP contribution < -0.4 is 0 Å². The lowest BCUT2D eigenvalue weighted by molar-refractivity contribution is -0.137. The molecule has 0 radical (unpaired) electrons. The fourth-order valence-electron chi connectivity index (χ4n) is 2.03. The monoisotopic (exact) mass is 337 g/mol. The molecule has 7 heteroatoms. The zero-order valence-corrected chi connectivity index (χ0v) is 12.7. The van der Waals surface area contributed by atoms with Crippen LogP contribution in [-0.4, -0.2) is 16.8 Å². The Labute approximate surface area is 136 Å². The summed E-state index contributed by atoms with van der Waals surface area (Å²) < 4.78 is 38.1. The van der Waals surface area contributed by atoms with Crippen LogP contribution >= 0.6 is 0 Å². The van der Waals surface area contributed by atoms with Crippen LogP contribution in [0.1, 0.15) is 34.0 Å². The van der Waals surface area contributed by atoms with Gasteiger partial charge in [-0.05, 0) is 30.7 Å². The van der Waals surface area contributed by atoms with Gasteiger partial charge in [0, 0.05) is 5.56 Å². The molecule has 0 bridgehead atoms. The molecule has 0 aliphatic carbocycles. The summed E-state index contributed by atoms with van der Waals surface area (Å²) in [7, 11) is 0. The molecular formula is C17H14F3NO3. The standard InChI is InChI=1S/C17H14F3NO3/c1-11(12-6-4-7-14(9-12)17(18,19)20)21-24-10-13-5-2-3-8-15(13)16(22)23/h2-9H,10H2,1H3,(H,22,23). The van der Waals surface area contributed by atoms with Crippen molar-refractivity contribution < 1.29 is 27.9 Å². The number of hydrogen-bond acceptors (Lipinski definition) is 3. The third-order valence-corrected chi connectivity index (χ3v) is 3.28. The SMILES string of the molecule is CC(=NOCc1ccccc1C(=O)O)c1cccc(C(F)(F)F)c1. The number of alkyl halides is 3. The Hall–Kier alpha value is -2.83. The molecule has 0 saturated heterocycles. The van der Waals surface area contributed by atoms with Gasteiger partial charge >= 0.3 is 12.1 Å². The van der Waals surface area contributed by atoms with Crippen molar-refractivity contribution in [1.82, 2.24) is 0 Å². The molecule has 1 N–H and O–H groups in total. The van der Waals surface area contributed by atoms with E-state index in [2.05, 4.69) is 5.16 Å². The van der Waals surface area contributed by atoms with E-state index in [9.17, 15) is 18.0 Å². The summed E-state index contributed by atoms with van der Waals surface area (Å²) in [5.74, 6) is -1.09. The second-order valence-corrected chi connectivity index (χ2v) is 4.99. The molecule has 4 nitrogen and oxygen atoms in total. The quantitative estimate of drug-likeness (QED) is 0.652. The van der Waals surface area contributed by atoms with E-state index in [0.717, 1.165) is 12.1 Å². The number of halogens is 3. The average Bonchev–Trinajstić information content (AvgIpc) is 2.54. The van der Waals surface area contributed by atoms with E-state index in [1.165, 1.54) is 25.1 Å². The zero-order chi connectivity index (χ0) is 17.7. The zero-order valence-electron chi connectivity index (χ0n) is 12.7. The number of benzene rings is 2. The molecule has 2 aromatic carbocycles. The Morgan fingerprint density at radius 1 is 1.17 bits per heavy atom. The van der Waals surface area contributed by atoms with E-state index < -0.39 is 17.7 Å². The van der Waals surface area contributed by atoms with Crippen molar-refractivity contribution in [3.8, 4) is 0 Å². The van der Waals surface area contributed by atoms with Gasteiger partial charge in [0.1, 0.15) is 6.61 Å². The molecule has 0 fully saturated rings. The molecular weight excluding hydrogens is 323 g/mol. The highest BCUT2D eigenvalue weighted by molar-refractivity contribution is 5.98. The Kier molecular flexibility index (Phi) is 5.23. The van der Waals surface area contributed by atoms with Crippen LogP contribution in [0.25, 0.3) is 0 Å². The number of carboxylic acid groups (broad SMARTS) is 1. The first-order chi connectivity index (χ1) is 11.3. The first kappa shape index (κ1) is 17.5. The Morgan fingerprint density at radius 3 is 2.54 bits per heavy atom. The van der Waals surface area contributed by atoms with Gasteiger partial charge in [0.25, 0.3) is 0 Å². The van der Waals surface area contributed by atoms with Crippen LogP contribution in [0.2, 0.25) is 0 Å². The van der Waals surface area contributed by atoms with E-state index >= 15 is 0 Å². The van der Waals surface area contributed by atoms with Crippen molar-refractivity contribution in [3.05, 3.63) is 70.8 Å². The number of aromatic carboxylic acids is 1. The lowest BCUT2D eigenvalue weighted by Gasteiger charge is -2.09. The molecule has 2 rings (SSSR count). The Bertz CT molecular complexity index is 770. The molecule has 0 saturated carbocycles. The van der Waals surface area contributed by atoms with Crippen molar-refractivity contribution in [1.29, 1.82) is 0 Å². The minimum absolute atomic E-state index is 0.0874. The van der Waals surface area contributed by atoms with Gasteiger partial charge in [-0.25, -0.2) is 4.79 Å². The predicted molar refractivity (Wildman–Crippen MR) is 81.8 cm³/mol. The molecule has 0 spiro atoms. The maximum Gasteiger partial charge on any atom is 0.416 e. The van der Waals surface area contributed by atoms with Gasteiger partial charge in [0.05, 0.1) is 16.8 Å². The van der Waals surface area contributed by atoms with Crippen LogP contribution in [0.4, 0.5) is 13.2 Å². The third-order valence-electron chi connectivity index (χ3n) is 3.28. The number of carboxylic acids is 1. The highest BCUT2D eigenvalue weighted by Crippen LogP contribution is 2.29. The molecule has 0 amide bonds. The second kappa shape index (κ2) is 7.16. The second-order valence-electron chi connectivity index (χ2n) is 4.99. The lowest BCUT2D eigenvalue weighted by atomic mass is 10.1. The summed E-state index contributed by atoms with van der Waals surface area (Å²) in [6.45, 7) is 1.41. The molecule has 0 aromatic heterocycles. The molecule has 24 heavy (non-hydrogen) atoms. The highest BCUT2D eigenvalue weighted by atomic mass is 19.4. The van der Waals surface area contributed by atoms with Gasteiger partial charge in [0.2, 0.25) is 0 Å². The van der Waals surface area contributed by atoms with E-state index in [1.807, 2.05) is 0 Å². The van der Waals surface area contributed by atoms with Gasteiger partial charge < -0.3 is 9.94 Å². The lowest BCUT2D eigenvalue weighted by Crippen LogP contribution is -2.07. The topological polar surface area (TPSA) is 58.9 Å². The summed E-state index contributed by atoms with van der Waals surface area (Å²) >= 11 is 0. The van der Waals surface area contributed by atoms with Crippen molar-refractivity contribution in [2.24, 2.45) is 5.16 Å².